The van der Waals surface area contributed by atoms with Crippen LogP contribution in [0.2, 0.25) is 0 Å². The summed E-state index contributed by atoms with van der Waals surface area (Å²) in [6, 6.07) is 11.3. The Morgan fingerprint density at radius 3 is 2.49 bits per heavy atom. The van der Waals surface area contributed by atoms with E-state index in [0.29, 0.717) is 11.6 Å². The number of carbonyl (C=O) groups is 2. The number of carboxylic acid groups (broad SMARTS) is 1. The van der Waals surface area contributed by atoms with Gasteiger partial charge in [0.15, 0.2) is 5.58 Å². The number of aromatic carboxylic acids is 1. The number of fused-ring (bicyclic) bond motifs is 1. The first-order chi connectivity index (χ1) is 16.8. The number of thiophene rings is 2. The molecule has 0 radical (unpaired) electrons. The molecule has 4 aromatic heterocycles. The number of furan rings is 1. The monoisotopic (exact) mass is 508 g/mol. The van der Waals surface area contributed by atoms with E-state index in [9.17, 15) is 14.7 Å². The SMILES string of the molecule is CC1CCC(C(=O)N(c2cc(-c3ccc(-c4cc5ncccc5o4)s3)sc2C(=O)O)C(C)C)CC1. The van der Waals surface area contributed by atoms with E-state index in [0.717, 1.165) is 57.2 Å². The van der Waals surface area contributed by atoms with E-state index >= 15 is 0 Å². The second-order valence-electron chi connectivity index (χ2n) is 9.55. The summed E-state index contributed by atoms with van der Waals surface area (Å²) in [5.74, 6) is 0.362. The van der Waals surface area contributed by atoms with Crippen LogP contribution in [0.4, 0.5) is 5.69 Å². The Balaban J connectivity index is 1.48. The minimum Gasteiger partial charge on any atom is -0.477 e. The molecule has 0 spiro atoms. The molecule has 35 heavy (non-hydrogen) atoms. The molecule has 0 unspecified atom stereocenters. The van der Waals surface area contributed by atoms with Gasteiger partial charge in [0.1, 0.15) is 16.2 Å². The van der Waals surface area contributed by atoms with Gasteiger partial charge in [0.05, 0.1) is 10.6 Å². The van der Waals surface area contributed by atoms with Gasteiger partial charge in [-0.1, -0.05) is 6.92 Å². The fourth-order valence-electron chi connectivity index (χ4n) is 4.78. The van der Waals surface area contributed by atoms with Gasteiger partial charge in [0, 0.05) is 34.0 Å². The van der Waals surface area contributed by atoms with E-state index in [1.165, 1.54) is 22.7 Å². The number of hydrogen-bond donors (Lipinski definition) is 1. The average Bonchev–Trinajstić information content (AvgIpc) is 3.57. The molecular weight excluding hydrogens is 480 g/mol. The molecule has 1 amide bonds. The molecule has 0 aliphatic heterocycles. The number of amides is 1. The molecular formula is C27H28N2O4S2. The number of anilines is 1. The second kappa shape index (κ2) is 9.59. The van der Waals surface area contributed by atoms with Crippen LogP contribution in [-0.2, 0) is 4.79 Å². The molecule has 4 aromatic rings. The van der Waals surface area contributed by atoms with Crippen LogP contribution in [0.1, 0.15) is 56.1 Å². The summed E-state index contributed by atoms with van der Waals surface area (Å²) in [4.78, 5) is 34.7. The number of hydrogen-bond acceptors (Lipinski definition) is 6. The number of carboxylic acids is 1. The van der Waals surface area contributed by atoms with Crippen molar-refractivity contribution in [3.05, 3.63) is 47.5 Å². The largest absolute Gasteiger partial charge is 0.477 e. The molecule has 6 nitrogen and oxygen atoms in total. The standard InChI is InChI=1S/C27H28N2O4S2/c1-15(2)29(26(30)17-8-6-16(3)7-9-17)19-14-24(35-25(19)27(31)32)23-11-10-22(34-23)21-13-18-20(33-21)5-4-12-28-18/h4-5,10-17H,6-9H2,1-3H3,(H,31,32). The Morgan fingerprint density at radius 2 is 1.80 bits per heavy atom. The van der Waals surface area contributed by atoms with Crippen molar-refractivity contribution < 1.29 is 19.1 Å². The van der Waals surface area contributed by atoms with Crippen LogP contribution < -0.4 is 4.90 Å². The summed E-state index contributed by atoms with van der Waals surface area (Å²) in [5.41, 5.74) is 2.03. The van der Waals surface area contributed by atoms with Crippen molar-refractivity contribution in [3.63, 3.8) is 0 Å². The lowest BCUT2D eigenvalue weighted by atomic mass is 9.82. The van der Waals surface area contributed by atoms with Gasteiger partial charge < -0.3 is 14.4 Å². The van der Waals surface area contributed by atoms with Crippen LogP contribution in [0.25, 0.3) is 31.5 Å². The van der Waals surface area contributed by atoms with Crippen LogP contribution in [0, 0.1) is 11.8 Å². The zero-order valence-electron chi connectivity index (χ0n) is 20.0. The van der Waals surface area contributed by atoms with Crippen LogP contribution >= 0.6 is 22.7 Å². The lowest BCUT2D eigenvalue weighted by molar-refractivity contribution is -0.123. The fraction of sp³-hybridized carbons (Fsp3) is 0.370. The Labute approximate surface area is 212 Å². The van der Waals surface area contributed by atoms with Crippen LogP contribution in [0.3, 0.4) is 0 Å². The third-order valence-electron chi connectivity index (χ3n) is 6.66. The molecule has 8 heteroatoms. The topological polar surface area (TPSA) is 83.6 Å². The highest BCUT2D eigenvalue weighted by Gasteiger charge is 2.33. The molecule has 0 saturated heterocycles. The smallest absolute Gasteiger partial charge is 0.348 e. The first-order valence-corrected chi connectivity index (χ1v) is 13.6. The Hall–Kier alpha value is -2.97. The van der Waals surface area contributed by atoms with Crippen LogP contribution in [0.15, 0.2) is 47.0 Å². The van der Waals surface area contributed by atoms with Crippen molar-refractivity contribution in [2.24, 2.45) is 11.8 Å². The maximum Gasteiger partial charge on any atom is 0.348 e. The van der Waals surface area contributed by atoms with Gasteiger partial charge in [-0.15, -0.1) is 22.7 Å². The van der Waals surface area contributed by atoms with Crippen LogP contribution in [-0.4, -0.2) is 28.0 Å². The highest BCUT2D eigenvalue weighted by Crippen LogP contribution is 2.44. The van der Waals surface area contributed by atoms with E-state index in [1.807, 2.05) is 50.2 Å². The van der Waals surface area contributed by atoms with Gasteiger partial charge in [-0.25, -0.2) is 4.79 Å². The van der Waals surface area contributed by atoms with Crippen molar-refractivity contribution in [1.29, 1.82) is 0 Å². The number of rotatable bonds is 6. The molecule has 1 saturated carbocycles. The average molecular weight is 509 g/mol. The van der Waals surface area contributed by atoms with Crippen LogP contribution in [0.5, 0.6) is 0 Å². The lowest BCUT2D eigenvalue weighted by Crippen LogP contribution is -2.42. The Bertz CT molecular complexity index is 1340. The molecule has 1 N–H and O–H groups in total. The highest BCUT2D eigenvalue weighted by molar-refractivity contribution is 7.24. The number of aromatic nitrogens is 1. The van der Waals surface area contributed by atoms with Gasteiger partial charge in [0.2, 0.25) is 5.91 Å². The van der Waals surface area contributed by atoms with Gasteiger partial charge in [-0.3, -0.25) is 9.78 Å². The Morgan fingerprint density at radius 1 is 1.06 bits per heavy atom. The third-order valence-corrected chi connectivity index (χ3v) is 9.07. The minimum atomic E-state index is -1.01. The zero-order chi connectivity index (χ0) is 24.7. The van der Waals surface area contributed by atoms with E-state index in [4.69, 9.17) is 4.42 Å². The summed E-state index contributed by atoms with van der Waals surface area (Å²) in [7, 11) is 0. The van der Waals surface area contributed by atoms with E-state index in [1.54, 1.807) is 11.1 Å². The second-order valence-corrected chi connectivity index (χ2v) is 11.7. The lowest BCUT2D eigenvalue weighted by Gasteiger charge is -2.33. The minimum absolute atomic E-state index is 0.0420. The number of pyridine rings is 1. The first-order valence-electron chi connectivity index (χ1n) is 12.0. The fourth-order valence-corrected chi connectivity index (χ4v) is 6.81. The van der Waals surface area contributed by atoms with E-state index in [2.05, 4.69) is 11.9 Å². The summed E-state index contributed by atoms with van der Waals surface area (Å²) in [6.07, 6.45) is 5.54. The molecule has 4 heterocycles. The quantitative estimate of drug-likeness (QED) is 0.291. The number of nitrogens with zero attached hydrogens (tertiary/aromatic N) is 2. The third kappa shape index (κ3) is 4.65. The van der Waals surface area contributed by atoms with Gasteiger partial charge >= 0.3 is 5.97 Å². The zero-order valence-corrected chi connectivity index (χ0v) is 21.6. The maximum atomic E-state index is 13.6. The van der Waals surface area contributed by atoms with Gasteiger partial charge in [-0.2, -0.15) is 0 Å². The highest BCUT2D eigenvalue weighted by atomic mass is 32.1. The summed E-state index contributed by atoms with van der Waals surface area (Å²) in [6.45, 7) is 6.13. The molecule has 182 valence electrons. The van der Waals surface area contributed by atoms with Crippen molar-refractivity contribution in [2.45, 2.75) is 52.5 Å². The molecule has 1 aliphatic rings. The Kier molecular flexibility index (Phi) is 6.51. The molecule has 0 aromatic carbocycles. The predicted octanol–water partition coefficient (Wildman–Crippen LogP) is 7.55. The summed E-state index contributed by atoms with van der Waals surface area (Å²) in [5, 5.41) is 10.0. The molecule has 0 atom stereocenters. The predicted molar refractivity (Wildman–Crippen MR) is 141 cm³/mol. The van der Waals surface area contributed by atoms with Gasteiger partial charge in [-0.05, 0) is 75.8 Å². The van der Waals surface area contributed by atoms with Crippen molar-refractivity contribution >= 4 is 51.3 Å². The molecule has 5 rings (SSSR count). The summed E-state index contributed by atoms with van der Waals surface area (Å²) < 4.78 is 5.95. The molecule has 1 aliphatic carbocycles. The molecule has 1 fully saturated rings. The van der Waals surface area contributed by atoms with Crippen molar-refractivity contribution in [3.8, 4) is 20.4 Å². The van der Waals surface area contributed by atoms with E-state index < -0.39 is 5.97 Å². The normalized spacial score (nSPS) is 18.3. The van der Waals surface area contributed by atoms with Crippen molar-refractivity contribution in [2.75, 3.05) is 4.90 Å². The van der Waals surface area contributed by atoms with Crippen molar-refractivity contribution in [1.82, 2.24) is 4.98 Å². The number of carbonyl (C=O) groups excluding carboxylic acids is 1. The first kappa shape index (κ1) is 23.8. The van der Waals surface area contributed by atoms with E-state index in [-0.39, 0.29) is 22.7 Å². The maximum absolute atomic E-state index is 13.6. The summed E-state index contributed by atoms with van der Waals surface area (Å²) >= 11 is 2.76. The van der Waals surface area contributed by atoms with Gasteiger partial charge in [0.25, 0.3) is 0 Å². The molecule has 0 bridgehead atoms.